The molecule has 2 rings (SSSR count). The van der Waals surface area contributed by atoms with Crippen LogP contribution >= 0.6 is 37.2 Å². The van der Waals surface area contributed by atoms with E-state index in [9.17, 15) is 14.4 Å². The van der Waals surface area contributed by atoms with Crippen molar-refractivity contribution in [1.82, 2.24) is 0 Å². The summed E-state index contributed by atoms with van der Waals surface area (Å²) in [7, 11) is 6.37. The summed E-state index contributed by atoms with van der Waals surface area (Å²) in [5.74, 6) is 1.47. The number of halogens is 2. The average molecular weight is 758 g/mol. The summed E-state index contributed by atoms with van der Waals surface area (Å²) in [5, 5.41) is 0. The Labute approximate surface area is 250 Å². The summed E-state index contributed by atoms with van der Waals surface area (Å²) in [6, 6.07) is 12.7. The van der Waals surface area contributed by atoms with Crippen LogP contribution in [0.3, 0.4) is 0 Å². The summed E-state index contributed by atoms with van der Waals surface area (Å²) >= 11 is 4.24. The predicted molar refractivity (Wildman–Crippen MR) is 167 cm³/mol. The maximum atomic E-state index is 11.7. The zero-order chi connectivity index (χ0) is 29.8. The molecule has 0 saturated heterocycles. The van der Waals surface area contributed by atoms with Gasteiger partial charge in [0.2, 0.25) is 0 Å². The molecule has 0 heterocycles. The third-order valence-corrected chi connectivity index (χ3v) is 4.63. The molecule has 214 valence electrons. The van der Waals surface area contributed by atoms with Crippen LogP contribution in [-0.2, 0) is 14.3 Å². The Morgan fingerprint density at radius 2 is 0.947 bits per heavy atom. The number of benzene rings is 2. The predicted octanol–water partition coefficient (Wildman–Crippen LogP) is 7.39. The summed E-state index contributed by atoms with van der Waals surface area (Å²) in [4.78, 5) is 33.3. The molecule has 0 N–H and O–H groups in total. The minimum Gasteiger partial charge on any atom is -0.493 e. The van der Waals surface area contributed by atoms with E-state index in [0.717, 1.165) is 11.5 Å². The van der Waals surface area contributed by atoms with E-state index in [2.05, 4.69) is 42.0 Å². The van der Waals surface area contributed by atoms with Gasteiger partial charge in [0.15, 0.2) is 28.8 Å². The molecular formula is C28H40I2O8. The summed E-state index contributed by atoms with van der Waals surface area (Å²) in [6.07, 6.45) is 0. The van der Waals surface area contributed by atoms with E-state index >= 15 is 0 Å². The van der Waals surface area contributed by atoms with Crippen LogP contribution in [0.15, 0.2) is 42.5 Å². The van der Waals surface area contributed by atoms with E-state index in [0.29, 0.717) is 17.1 Å². The highest BCUT2D eigenvalue weighted by Gasteiger charge is 2.16. The first-order valence-electron chi connectivity index (χ1n) is 11.8. The SMILES string of the molecule is CC(C)C(=O)OC(=O)C(C)C.COc1ccc(C(=O)C(C)C)cc1OC.COc1ccccc1OC.II. The Hall–Kier alpha value is -2.09. The monoisotopic (exact) mass is 758 g/mol. The zero-order valence-corrected chi connectivity index (χ0v) is 28.1. The number of esters is 2. The molecule has 0 aliphatic rings. The summed E-state index contributed by atoms with van der Waals surface area (Å²) in [5.41, 5.74) is 0.655. The highest BCUT2D eigenvalue weighted by Crippen LogP contribution is 2.28. The number of hydrogen-bond acceptors (Lipinski definition) is 8. The smallest absolute Gasteiger partial charge is 0.316 e. The second-order valence-corrected chi connectivity index (χ2v) is 8.49. The molecule has 0 unspecified atom stereocenters. The molecule has 0 saturated carbocycles. The quantitative estimate of drug-likeness (QED) is 0.119. The van der Waals surface area contributed by atoms with Gasteiger partial charge in [-0.25, -0.2) is 0 Å². The number of rotatable bonds is 8. The number of para-hydroxylation sites is 2. The van der Waals surface area contributed by atoms with Crippen molar-refractivity contribution in [3.05, 3.63) is 48.0 Å². The second-order valence-electron chi connectivity index (χ2n) is 8.49. The minimum atomic E-state index is -0.455. The molecular weight excluding hydrogens is 718 g/mol. The molecule has 0 aromatic heterocycles. The van der Waals surface area contributed by atoms with Crippen LogP contribution in [0, 0.1) is 17.8 Å². The molecule has 0 atom stereocenters. The van der Waals surface area contributed by atoms with Crippen molar-refractivity contribution in [2.45, 2.75) is 41.5 Å². The van der Waals surface area contributed by atoms with E-state index < -0.39 is 11.9 Å². The largest absolute Gasteiger partial charge is 0.493 e. The number of Topliss-reactive ketones (excluding diaryl/α,β-unsaturated/α-hetero) is 1. The lowest BCUT2D eigenvalue weighted by Crippen LogP contribution is -2.20. The van der Waals surface area contributed by atoms with Crippen LogP contribution in [0.4, 0.5) is 0 Å². The fourth-order valence-corrected chi connectivity index (χ4v) is 2.45. The van der Waals surface area contributed by atoms with Gasteiger partial charge in [-0.15, -0.1) is 0 Å². The highest BCUT2D eigenvalue weighted by atomic mass is 128. The van der Waals surface area contributed by atoms with Crippen molar-refractivity contribution in [3.8, 4) is 23.0 Å². The number of carbonyl (C=O) groups excluding carboxylic acids is 3. The molecule has 2 aromatic carbocycles. The third kappa shape index (κ3) is 14.7. The Morgan fingerprint density at radius 1 is 0.579 bits per heavy atom. The minimum absolute atomic E-state index is 0.0110. The van der Waals surface area contributed by atoms with E-state index in [1.54, 1.807) is 74.3 Å². The van der Waals surface area contributed by atoms with Crippen LogP contribution in [0.25, 0.3) is 0 Å². The van der Waals surface area contributed by atoms with Crippen LogP contribution in [-0.4, -0.2) is 46.2 Å². The van der Waals surface area contributed by atoms with Crippen LogP contribution in [0.2, 0.25) is 0 Å². The molecule has 2 aromatic rings. The van der Waals surface area contributed by atoms with Crippen molar-refractivity contribution in [2.24, 2.45) is 17.8 Å². The normalized spacial score (nSPS) is 9.55. The number of carbonyl (C=O) groups is 3. The van der Waals surface area contributed by atoms with Gasteiger partial charge in [0.05, 0.1) is 40.3 Å². The molecule has 0 bridgehead atoms. The highest BCUT2D eigenvalue weighted by molar-refractivity contribution is 15.0. The lowest BCUT2D eigenvalue weighted by atomic mass is 10.0. The van der Waals surface area contributed by atoms with Crippen molar-refractivity contribution < 1.29 is 38.1 Å². The number of ketones is 1. The maximum Gasteiger partial charge on any atom is 0.316 e. The average Bonchev–Trinajstić information content (AvgIpc) is 2.93. The van der Waals surface area contributed by atoms with E-state index in [-0.39, 0.29) is 23.5 Å². The third-order valence-electron chi connectivity index (χ3n) is 4.63. The Balaban J connectivity index is 0. The number of methoxy groups -OCH3 is 4. The first-order valence-corrected chi connectivity index (χ1v) is 18.0. The number of ether oxygens (including phenoxy) is 5. The van der Waals surface area contributed by atoms with Gasteiger partial charge < -0.3 is 23.7 Å². The molecule has 0 aliphatic carbocycles. The Kier molecular flexibility index (Phi) is 21.8. The fourth-order valence-electron chi connectivity index (χ4n) is 2.45. The summed E-state index contributed by atoms with van der Waals surface area (Å²) in [6.45, 7) is 10.5. The van der Waals surface area contributed by atoms with Gasteiger partial charge in [-0.2, -0.15) is 0 Å². The van der Waals surface area contributed by atoms with Crippen LogP contribution in [0.1, 0.15) is 51.9 Å². The van der Waals surface area contributed by atoms with E-state index in [1.165, 1.54) is 0 Å². The van der Waals surface area contributed by atoms with Crippen molar-refractivity contribution in [2.75, 3.05) is 28.4 Å². The maximum absolute atomic E-state index is 11.7. The Morgan fingerprint density at radius 3 is 1.26 bits per heavy atom. The molecule has 38 heavy (non-hydrogen) atoms. The molecule has 0 aliphatic heterocycles. The van der Waals surface area contributed by atoms with Crippen molar-refractivity contribution >= 4 is 55.0 Å². The topological polar surface area (TPSA) is 97.4 Å². The van der Waals surface area contributed by atoms with E-state index in [1.807, 2.05) is 38.1 Å². The summed E-state index contributed by atoms with van der Waals surface area (Å²) < 4.78 is 24.7. The van der Waals surface area contributed by atoms with Gasteiger partial charge >= 0.3 is 11.9 Å². The van der Waals surface area contributed by atoms with Gasteiger partial charge in [-0.3, -0.25) is 14.4 Å². The standard InChI is InChI=1S/C12H16O3.C8H14O3.C8H10O2.I2/c1-8(2)12(13)9-5-6-10(14-3)11(7-9)15-4;1-5(2)7(9)11-8(10)6(3)4;1-9-7-5-3-4-6-8(7)10-2;1-2/h5-8H,1-4H3;5-6H,1-4H3;3-6H,1-2H3;. The Bertz CT molecular complexity index is 934. The fraction of sp³-hybridized carbons (Fsp3) is 0.464. The molecule has 0 fully saturated rings. The van der Waals surface area contributed by atoms with Gasteiger partial charge in [0, 0.05) is 48.7 Å². The van der Waals surface area contributed by atoms with Crippen molar-refractivity contribution in [1.29, 1.82) is 0 Å². The number of hydrogen-bond donors (Lipinski definition) is 0. The van der Waals surface area contributed by atoms with Crippen LogP contribution in [0.5, 0.6) is 23.0 Å². The lowest BCUT2D eigenvalue weighted by Gasteiger charge is -2.10. The van der Waals surface area contributed by atoms with Crippen molar-refractivity contribution in [3.63, 3.8) is 0 Å². The first kappa shape index (κ1) is 38.1. The molecule has 0 radical (unpaired) electrons. The second kappa shape index (κ2) is 21.8. The molecule has 10 heteroatoms. The van der Waals surface area contributed by atoms with E-state index in [4.69, 9.17) is 18.9 Å². The lowest BCUT2D eigenvalue weighted by molar-refractivity contribution is -0.164. The van der Waals surface area contributed by atoms with Gasteiger partial charge in [0.1, 0.15) is 0 Å². The van der Waals surface area contributed by atoms with Crippen LogP contribution < -0.4 is 18.9 Å². The molecule has 0 amide bonds. The zero-order valence-electron chi connectivity index (χ0n) is 23.8. The first-order chi connectivity index (χ1) is 17.9. The molecule has 0 spiro atoms. The van der Waals surface area contributed by atoms with Gasteiger partial charge in [0.25, 0.3) is 0 Å². The van der Waals surface area contributed by atoms with Gasteiger partial charge in [-0.05, 0) is 30.3 Å². The molecule has 8 nitrogen and oxygen atoms in total. The van der Waals surface area contributed by atoms with Gasteiger partial charge in [-0.1, -0.05) is 53.7 Å².